The second-order valence-corrected chi connectivity index (χ2v) is 12.1. The number of alkyl halides is 3. The zero-order chi connectivity index (χ0) is 36.6. The summed E-state index contributed by atoms with van der Waals surface area (Å²) < 4.78 is 38.7. The van der Waals surface area contributed by atoms with Crippen LogP contribution in [0.5, 0.6) is 0 Å². The van der Waals surface area contributed by atoms with Crippen LogP contribution in [-0.2, 0) is 27.2 Å². The third kappa shape index (κ3) is 8.87. The molecule has 0 fully saturated rings. The van der Waals surface area contributed by atoms with E-state index in [1.54, 1.807) is 12.1 Å². The molecule has 8 rings (SSSR count). The number of nitrogens with zero attached hydrogens (tertiary/aromatic N) is 7. The van der Waals surface area contributed by atoms with Crippen LogP contribution in [0.15, 0.2) is 170 Å². The van der Waals surface area contributed by atoms with Crippen LogP contribution in [0.1, 0.15) is 28.6 Å². The van der Waals surface area contributed by atoms with Gasteiger partial charge in [-0.25, -0.2) is 9.67 Å². The monoisotopic (exact) mass is 901 g/mol. The van der Waals surface area contributed by atoms with Gasteiger partial charge >= 0.3 is 27.2 Å². The Bertz CT molecular complexity index is 2270. The van der Waals surface area contributed by atoms with Crippen molar-refractivity contribution in [1.29, 1.82) is 0 Å². The minimum Gasteiger partial charge on any atom is -0.311 e. The molecule has 0 saturated heterocycles. The number of rotatable bonds is 8. The second-order valence-electron chi connectivity index (χ2n) is 12.1. The first-order valence-corrected chi connectivity index (χ1v) is 16.8. The minimum absolute atomic E-state index is 0. The minimum atomic E-state index is -4.52. The van der Waals surface area contributed by atoms with Gasteiger partial charge in [-0.1, -0.05) is 114 Å². The number of aromatic amines is 1. The summed E-state index contributed by atoms with van der Waals surface area (Å²) in [5, 5.41) is 14.4. The van der Waals surface area contributed by atoms with Crippen molar-refractivity contribution in [2.75, 3.05) is 4.90 Å². The van der Waals surface area contributed by atoms with Crippen molar-refractivity contribution in [3.63, 3.8) is 0 Å². The molecular weight excluding hydrogens is 869 g/mol. The molecule has 54 heavy (non-hydrogen) atoms. The molecule has 5 aromatic carbocycles. The van der Waals surface area contributed by atoms with Gasteiger partial charge in [0.2, 0.25) is 5.82 Å². The average molecular weight is 902 g/mol. The van der Waals surface area contributed by atoms with Gasteiger partial charge in [0.15, 0.2) is 5.82 Å². The van der Waals surface area contributed by atoms with E-state index in [-0.39, 0.29) is 32.9 Å². The van der Waals surface area contributed by atoms with Gasteiger partial charge in [0.25, 0.3) is 0 Å². The largest absolute Gasteiger partial charge is 2.00 e. The van der Waals surface area contributed by atoms with Crippen LogP contribution in [0.25, 0.3) is 22.8 Å². The van der Waals surface area contributed by atoms with Crippen LogP contribution in [0.4, 0.5) is 30.2 Å². The molecule has 3 aromatic heterocycles. The molecule has 0 aliphatic carbocycles. The first kappa shape index (κ1) is 37.6. The average Bonchev–Trinajstić information content (AvgIpc) is 3.90. The summed E-state index contributed by atoms with van der Waals surface area (Å²) in [5.41, 5.74) is 8.70. The Morgan fingerprint density at radius 1 is 0.648 bits per heavy atom. The predicted molar refractivity (Wildman–Crippen MR) is 200 cm³/mol. The normalized spacial score (nSPS) is 11.0. The molecule has 12 heteroatoms. The Balaban J connectivity index is 0.000000246. The van der Waals surface area contributed by atoms with Crippen molar-refractivity contribution in [2.24, 2.45) is 0 Å². The Morgan fingerprint density at radius 2 is 1.17 bits per heavy atom. The van der Waals surface area contributed by atoms with E-state index in [4.69, 9.17) is 0 Å². The van der Waals surface area contributed by atoms with Gasteiger partial charge in [-0.2, -0.15) is 18.3 Å². The number of H-pyrrole nitrogens is 1. The fourth-order valence-corrected chi connectivity index (χ4v) is 5.85. The molecule has 0 saturated carbocycles. The van der Waals surface area contributed by atoms with Gasteiger partial charge in [-0.3, -0.25) is 10.1 Å². The number of aryl methyl sites for hydroxylation is 1. The summed E-state index contributed by atoms with van der Waals surface area (Å²) in [6.07, 6.45) is -0.991. The molecule has 0 unspecified atom stereocenters. The van der Waals surface area contributed by atoms with E-state index in [9.17, 15) is 13.2 Å². The van der Waals surface area contributed by atoms with Crippen molar-refractivity contribution < 1.29 is 34.2 Å². The van der Waals surface area contributed by atoms with Gasteiger partial charge in [0, 0.05) is 28.8 Å². The van der Waals surface area contributed by atoms with Gasteiger partial charge in [0.05, 0.1) is 6.20 Å². The Hall–Kier alpha value is -6.19. The summed E-state index contributed by atoms with van der Waals surface area (Å²) in [6, 6.07) is 53.5. The van der Waals surface area contributed by atoms with Crippen LogP contribution >= 0.6 is 0 Å². The van der Waals surface area contributed by atoms with Crippen molar-refractivity contribution in [2.45, 2.75) is 19.1 Å². The van der Waals surface area contributed by atoms with E-state index in [0.717, 1.165) is 33.9 Å². The maximum atomic E-state index is 12.2. The number of hydrogen-bond acceptors (Lipinski definition) is 6. The molecule has 0 radical (unpaired) electrons. The van der Waals surface area contributed by atoms with Crippen molar-refractivity contribution in [1.82, 2.24) is 35.2 Å². The zero-order valence-electron chi connectivity index (χ0n) is 28.8. The number of pyridine rings is 1. The van der Waals surface area contributed by atoms with E-state index < -0.39 is 12.0 Å². The smallest absolute Gasteiger partial charge is 0.311 e. The summed E-state index contributed by atoms with van der Waals surface area (Å²) in [6.45, 7) is 1.81. The van der Waals surface area contributed by atoms with E-state index in [0.29, 0.717) is 5.69 Å². The van der Waals surface area contributed by atoms with Crippen LogP contribution in [0, 0.1) is 6.92 Å². The van der Waals surface area contributed by atoms with Crippen LogP contribution < -0.4 is 4.90 Å². The van der Waals surface area contributed by atoms with Gasteiger partial charge in [-0.05, 0) is 72.1 Å². The molecule has 0 atom stereocenters. The maximum absolute atomic E-state index is 12.2. The summed E-state index contributed by atoms with van der Waals surface area (Å²) in [4.78, 5) is 9.48. The third-order valence-corrected chi connectivity index (χ3v) is 8.35. The topological polar surface area (TPSA) is 88.4 Å². The van der Waals surface area contributed by atoms with E-state index in [2.05, 4.69) is 152 Å². The van der Waals surface area contributed by atoms with E-state index in [1.807, 2.05) is 47.2 Å². The zero-order valence-corrected chi connectivity index (χ0v) is 31.1. The van der Waals surface area contributed by atoms with E-state index in [1.165, 1.54) is 17.3 Å². The Kier molecular flexibility index (Phi) is 11.9. The third-order valence-electron chi connectivity index (χ3n) is 8.35. The maximum Gasteiger partial charge on any atom is 2.00 e. The Labute approximate surface area is 324 Å². The molecule has 1 N–H and O–H groups in total. The molecule has 8 aromatic rings. The number of hydrogen-bond donors (Lipinski definition) is 1. The first-order valence-electron chi connectivity index (χ1n) is 16.8. The quantitative estimate of drug-likeness (QED) is 0.163. The van der Waals surface area contributed by atoms with Crippen LogP contribution in [-0.4, -0.2) is 35.2 Å². The second kappa shape index (κ2) is 17.1. The number of nitrogens with one attached hydrogen (secondary N) is 1. The molecule has 0 amide bonds. The molecular formula is C42H33F3N8Pt+2. The van der Waals surface area contributed by atoms with Gasteiger partial charge in [-0.15, -0.1) is 5.10 Å². The molecule has 0 aliphatic rings. The van der Waals surface area contributed by atoms with E-state index >= 15 is 0 Å². The standard InChI is InChI=1S/C33H26N4.C9H7F3N4.Pt/c1-5-13-27(14-6-1)33(28-15-7-2-8-16-28)36-25-32(34-35-36)26-21-23-31(24-22-26)37(29-17-9-3-10-18-29)30-19-11-4-12-20-30;1-5-2-3-13-6(4-5)7-14-8(16-15-7)9(10,11)12;/h1-25,33H;2-4H,1H3,(H,14,15,16);/q;;+2. The number of halogens is 3. The fraction of sp³-hybridized carbons (Fsp3) is 0.0714. The van der Waals surface area contributed by atoms with Crippen LogP contribution in [0.3, 0.4) is 0 Å². The molecule has 3 heterocycles. The Morgan fingerprint density at radius 3 is 1.67 bits per heavy atom. The number of para-hydroxylation sites is 2. The molecule has 8 nitrogen and oxygen atoms in total. The number of aromatic nitrogens is 7. The summed E-state index contributed by atoms with van der Waals surface area (Å²) in [7, 11) is 0. The van der Waals surface area contributed by atoms with Crippen molar-refractivity contribution in [3.05, 3.63) is 193 Å². The predicted octanol–water partition coefficient (Wildman–Crippen LogP) is 10.2. The molecule has 270 valence electrons. The van der Waals surface area contributed by atoms with Gasteiger partial charge < -0.3 is 4.90 Å². The van der Waals surface area contributed by atoms with Gasteiger partial charge in [0.1, 0.15) is 17.4 Å². The van der Waals surface area contributed by atoms with Crippen molar-refractivity contribution >= 4 is 17.1 Å². The van der Waals surface area contributed by atoms with Crippen LogP contribution in [0.2, 0.25) is 0 Å². The van der Waals surface area contributed by atoms with Crippen molar-refractivity contribution in [3.8, 4) is 22.8 Å². The number of benzene rings is 5. The molecule has 0 spiro atoms. The SMILES string of the molecule is Cc1ccnc(-c2n[nH]c(C(F)(F)F)n2)c1.[Pt+2].c1ccc(C(c2ccccc2)n2cc(-c3ccc(N(c4ccccc4)c4ccccc4)cc3)nn2)cc1. The summed E-state index contributed by atoms with van der Waals surface area (Å²) >= 11 is 0. The number of anilines is 3. The summed E-state index contributed by atoms with van der Waals surface area (Å²) in [5.74, 6) is -1.18. The molecule has 0 bridgehead atoms. The first-order chi connectivity index (χ1) is 25.8. The fourth-order valence-electron chi connectivity index (χ4n) is 5.85. The molecule has 0 aliphatic heterocycles.